The molecule has 0 unspecified atom stereocenters. The SMILES string of the molecule is CNc1nc(C2CC2)nc(Oc2ccc(F)cc2F)c1C. The van der Waals surface area contributed by atoms with E-state index in [-0.39, 0.29) is 5.75 Å². The van der Waals surface area contributed by atoms with Gasteiger partial charge in [0.25, 0.3) is 0 Å². The van der Waals surface area contributed by atoms with E-state index in [0.717, 1.165) is 25.0 Å². The highest BCUT2D eigenvalue weighted by Gasteiger charge is 2.28. The molecule has 110 valence electrons. The predicted octanol–water partition coefficient (Wildman–Crippen LogP) is 3.77. The van der Waals surface area contributed by atoms with Gasteiger partial charge in [-0.1, -0.05) is 0 Å². The van der Waals surface area contributed by atoms with Gasteiger partial charge < -0.3 is 10.1 Å². The molecule has 0 bridgehead atoms. The van der Waals surface area contributed by atoms with E-state index in [1.807, 2.05) is 0 Å². The quantitative estimate of drug-likeness (QED) is 0.931. The van der Waals surface area contributed by atoms with Crippen LogP contribution in [0.2, 0.25) is 0 Å². The molecule has 3 rings (SSSR count). The molecule has 1 aliphatic rings. The van der Waals surface area contributed by atoms with Gasteiger partial charge in [0.05, 0.1) is 5.56 Å². The zero-order valence-electron chi connectivity index (χ0n) is 11.8. The molecule has 4 nitrogen and oxygen atoms in total. The number of aromatic nitrogens is 2. The number of nitrogens with one attached hydrogen (secondary N) is 1. The van der Waals surface area contributed by atoms with E-state index in [0.29, 0.717) is 29.0 Å². The van der Waals surface area contributed by atoms with Gasteiger partial charge in [-0.3, -0.25) is 0 Å². The van der Waals surface area contributed by atoms with Crippen LogP contribution < -0.4 is 10.1 Å². The lowest BCUT2D eigenvalue weighted by Crippen LogP contribution is -2.05. The van der Waals surface area contributed by atoms with Gasteiger partial charge in [0, 0.05) is 19.0 Å². The Kier molecular flexibility index (Phi) is 3.45. The molecule has 1 N–H and O–H groups in total. The molecular weight excluding hydrogens is 276 g/mol. The molecule has 6 heteroatoms. The van der Waals surface area contributed by atoms with Gasteiger partial charge in [-0.15, -0.1) is 0 Å². The largest absolute Gasteiger partial charge is 0.435 e. The van der Waals surface area contributed by atoms with Crippen LogP contribution in [0.25, 0.3) is 0 Å². The summed E-state index contributed by atoms with van der Waals surface area (Å²) in [5.41, 5.74) is 0.686. The van der Waals surface area contributed by atoms with Crippen LogP contribution in [-0.4, -0.2) is 17.0 Å². The maximum atomic E-state index is 13.7. The van der Waals surface area contributed by atoms with Crippen LogP contribution in [0.4, 0.5) is 14.6 Å². The Bertz CT molecular complexity index is 687. The molecule has 1 aromatic carbocycles. The number of hydrogen-bond donors (Lipinski definition) is 1. The molecule has 21 heavy (non-hydrogen) atoms. The van der Waals surface area contributed by atoms with Crippen molar-refractivity contribution < 1.29 is 13.5 Å². The van der Waals surface area contributed by atoms with Crippen LogP contribution >= 0.6 is 0 Å². The molecular formula is C15H15F2N3O. The normalized spacial score (nSPS) is 14.1. The Hall–Kier alpha value is -2.24. The molecule has 0 radical (unpaired) electrons. The van der Waals surface area contributed by atoms with Crippen LogP contribution in [0, 0.1) is 18.6 Å². The first-order valence-electron chi connectivity index (χ1n) is 6.77. The molecule has 0 amide bonds. The average molecular weight is 291 g/mol. The van der Waals surface area contributed by atoms with Crippen molar-refractivity contribution in [2.45, 2.75) is 25.7 Å². The maximum Gasteiger partial charge on any atom is 0.227 e. The molecule has 0 aliphatic heterocycles. The van der Waals surface area contributed by atoms with Crippen molar-refractivity contribution in [2.75, 3.05) is 12.4 Å². The topological polar surface area (TPSA) is 47.0 Å². The number of rotatable bonds is 4. The highest BCUT2D eigenvalue weighted by Crippen LogP contribution is 2.40. The van der Waals surface area contributed by atoms with E-state index in [1.165, 1.54) is 6.07 Å². The summed E-state index contributed by atoms with van der Waals surface area (Å²) >= 11 is 0. The lowest BCUT2D eigenvalue weighted by Gasteiger charge is -2.13. The molecule has 1 heterocycles. The van der Waals surface area contributed by atoms with Gasteiger partial charge in [0.15, 0.2) is 11.6 Å². The lowest BCUT2D eigenvalue weighted by atomic mass is 10.3. The van der Waals surface area contributed by atoms with Crippen molar-refractivity contribution in [3.8, 4) is 11.6 Å². The van der Waals surface area contributed by atoms with Crippen LogP contribution in [0.5, 0.6) is 11.6 Å². The summed E-state index contributed by atoms with van der Waals surface area (Å²) in [6.45, 7) is 1.79. The molecule has 0 atom stereocenters. The van der Waals surface area contributed by atoms with Crippen molar-refractivity contribution in [1.29, 1.82) is 0 Å². The Balaban J connectivity index is 1.98. The van der Waals surface area contributed by atoms with Gasteiger partial charge in [0.1, 0.15) is 17.5 Å². The fourth-order valence-corrected chi connectivity index (χ4v) is 2.04. The summed E-state index contributed by atoms with van der Waals surface area (Å²) in [7, 11) is 1.76. The zero-order chi connectivity index (χ0) is 15.0. The summed E-state index contributed by atoms with van der Waals surface area (Å²) in [5.74, 6) is 0.537. The number of ether oxygens (including phenoxy) is 1. The first-order chi connectivity index (χ1) is 10.1. The van der Waals surface area contributed by atoms with Gasteiger partial charge in [-0.05, 0) is 31.9 Å². The molecule has 1 aromatic heterocycles. The molecule has 1 aliphatic carbocycles. The lowest BCUT2D eigenvalue weighted by molar-refractivity contribution is 0.418. The smallest absolute Gasteiger partial charge is 0.227 e. The van der Waals surface area contributed by atoms with Gasteiger partial charge >= 0.3 is 0 Å². The number of nitrogens with zero attached hydrogens (tertiary/aromatic N) is 2. The Labute approximate surface area is 121 Å². The second-order valence-corrected chi connectivity index (χ2v) is 5.06. The number of halogens is 2. The van der Waals surface area contributed by atoms with Crippen LogP contribution in [-0.2, 0) is 0 Å². The monoisotopic (exact) mass is 291 g/mol. The van der Waals surface area contributed by atoms with Crippen LogP contribution in [0.15, 0.2) is 18.2 Å². The van der Waals surface area contributed by atoms with E-state index in [2.05, 4.69) is 15.3 Å². The minimum Gasteiger partial charge on any atom is -0.435 e. The predicted molar refractivity (Wildman–Crippen MR) is 74.7 cm³/mol. The summed E-state index contributed by atoms with van der Waals surface area (Å²) in [5, 5.41) is 2.98. The highest BCUT2D eigenvalue weighted by molar-refractivity contribution is 5.49. The van der Waals surface area contributed by atoms with Crippen molar-refractivity contribution in [3.05, 3.63) is 41.2 Å². The Morgan fingerprint density at radius 3 is 2.62 bits per heavy atom. The van der Waals surface area contributed by atoms with E-state index in [1.54, 1.807) is 14.0 Å². The first kappa shape index (κ1) is 13.7. The van der Waals surface area contributed by atoms with Crippen LogP contribution in [0.1, 0.15) is 30.1 Å². The second kappa shape index (κ2) is 5.27. The minimum absolute atomic E-state index is 0.0537. The number of benzene rings is 1. The van der Waals surface area contributed by atoms with Crippen molar-refractivity contribution in [2.24, 2.45) is 0 Å². The third-order valence-corrected chi connectivity index (χ3v) is 3.40. The van der Waals surface area contributed by atoms with E-state index >= 15 is 0 Å². The van der Waals surface area contributed by atoms with Crippen molar-refractivity contribution in [3.63, 3.8) is 0 Å². The fourth-order valence-electron chi connectivity index (χ4n) is 2.04. The number of hydrogen-bond acceptors (Lipinski definition) is 4. The first-order valence-corrected chi connectivity index (χ1v) is 6.77. The second-order valence-electron chi connectivity index (χ2n) is 5.06. The third-order valence-electron chi connectivity index (χ3n) is 3.40. The van der Waals surface area contributed by atoms with E-state index in [4.69, 9.17) is 4.74 Å². The zero-order valence-corrected chi connectivity index (χ0v) is 11.8. The standard InChI is InChI=1S/C15H15F2N3O/c1-8-13(18-2)19-14(9-3-4-9)20-15(8)21-12-6-5-10(16)7-11(12)17/h5-7,9H,3-4H2,1-2H3,(H,18,19,20). The van der Waals surface area contributed by atoms with Gasteiger partial charge in [0.2, 0.25) is 5.88 Å². The van der Waals surface area contributed by atoms with Crippen LogP contribution in [0.3, 0.4) is 0 Å². The summed E-state index contributed by atoms with van der Waals surface area (Å²) in [4.78, 5) is 8.80. The third kappa shape index (κ3) is 2.79. The van der Waals surface area contributed by atoms with Gasteiger partial charge in [-0.25, -0.2) is 13.8 Å². The minimum atomic E-state index is -0.757. The Morgan fingerprint density at radius 1 is 1.24 bits per heavy atom. The molecule has 2 aromatic rings. The molecule has 1 saturated carbocycles. The van der Waals surface area contributed by atoms with E-state index in [9.17, 15) is 8.78 Å². The molecule has 0 spiro atoms. The average Bonchev–Trinajstić information content (AvgIpc) is 3.28. The Morgan fingerprint density at radius 2 is 2.00 bits per heavy atom. The van der Waals surface area contributed by atoms with Crippen molar-refractivity contribution in [1.82, 2.24) is 9.97 Å². The van der Waals surface area contributed by atoms with Gasteiger partial charge in [-0.2, -0.15) is 4.98 Å². The number of anilines is 1. The summed E-state index contributed by atoms with van der Waals surface area (Å²) in [6, 6.07) is 3.18. The van der Waals surface area contributed by atoms with E-state index < -0.39 is 11.6 Å². The molecule has 0 saturated heterocycles. The summed E-state index contributed by atoms with van der Waals surface area (Å²) < 4.78 is 32.2. The maximum absolute atomic E-state index is 13.7. The fraction of sp³-hybridized carbons (Fsp3) is 0.333. The summed E-state index contributed by atoms with van der Waals surface area (Å²) in [6.07, 6.45) is 2.10. The van der Waals surface area contributed by atoms with Crippen molar-refractivity contribution >= 4 is 5.82 Å². The molecule has 1 fully saturated rings. The highest BCUT2D eigenvalue weighted by atomic mass is 19.1.